The Bertz CT molecular complexity index is 440. The predicted molar refractivity (Wildman–Crippen MR) is 71.9 cm³/mol. The number of carbonyl (C=O) groups is 1. The van der Waals surface area contributed by atoms with Crippen LogP contribution in [-0.2, 0) is 4.79 Å². The van der Waals surface area contributed by atoms with Gasteiger partial charge in [-0.15, -0.1) is 0 Å². The molecule has 1 saturated heterocycles. The minimum atomic E-state index is 0.133. The van der Waals surface area contributed by atoms with Gasteiger partial charge in [-0.25, -0.2) is 0 Å². The van der Waals surface area contributed by atoms with Gasteiger partial charge in [0, 0.05) is 39.2 Å². The number of nitrogens with zero attached hydrogens (tertiary/aromatic N) is 2. The molecule has 1 fully saturated rings. The van der Waals surface area contributed by atoms with Crippen LogP contribution in [0, 0.1) is 0 Å². The number of benzene rings is 1. The fourth-order valence-electron chi connectivity index (χ4n) is 2.19. The Kier molecular flexibility index (Phi) is 3.60. The predicted octanol–water partition coefficient (Wildman–Crippen LogP) is 0.946. The second-order valence-corrected chi connectivity index (χ2v) is 4.42. The summed E-state index contributed by atoms with van der Waals surface area (Å²) in [6, 6.07) is 5.65. The smallest absolute Gasteiger partial charge is 0.219 e. The first-order valence-electron chi connectivity index (χ1n) is 6.06. The number of piperazine rings is 1. The minimum absolute atomic E-state index is 0.133. The largest absolute Gasteiger partial charge is 0.497 e. The van der Waals surface area contributed by atoms with Crippen LogP contribution in [0.15, 0.2) is 18.2 Å². The van der Waals surface area contributed by atoms with Gasteiger partial charge in [0.25, 0.3) is 0 Å². The third-order valence-electron chi connectivity index (χ3n) is 3.30. The van der Waals surface area contributed by atoms with E-state index in [0.29, 0.717) is 0 Å². The minimum Gasteiger partial charge on any atom is -0.497 e. The molecule has 0 unspecified atom stereocenters. The molecule has 1 aromatic carbocycles. The number of amides is 1. The Morgan fingerprint density at radius 3 is 2.50 bits per heavy atom. The summed E-state index contributed by atoms with van der Waals surface area (Å²) in [5.41, 5.74) is 7.72. The van der Waals surface area contributed by atoms with E-state index in [4.69, 9.17) is 10.5 Å². The molecule has 98 valence electrons. The van der Waals surface area contributed by atoms with Crippen molar-refractivity contribution in [1.82, 2.24) is 4.90 Å². The monoisotopic (exact) mass is 249 g/mol. The highest BCUT2D eigenvalue weighted by Gasteiger charge is 2.20. The van der Waals surface area contributed by atoms with E-state index in [0.717, 1.165) is 43.3 Å². The summed E-state index contributed by atoms with van der Waals surface area (Å²) in [7, 11) is 1.64. The third kappa shape index (κ3) is 2.50. The Morgan fingerprint density at radius 2 is 1.94 bits per heavy atom. The van der Waals surface area contributed by atoms with Gasteiger partial charge in [0.2, 0.25) is 5.91 Å². The van der Waals surface area contributed by atoms with Crippen molar-refractivity contribution in [2.45, 2.75) is 6.92 Å². The summed E-state index contributed by atoms with van der Waals surface area (Å²) >= 11 is 0. The number of methoxy groups -OCH3 is 1. The summed E-state index contributed by atoms with van der Waals surface area (Å²) in [5.74, 6) is 0.932. The lowest BCUT2D eigenvalue weighted by atomic mass is 10.2. The zero-order valence-corrected chi connectivity index (χ0v) is 10.8. The van der Waals surface area contributed by atoms with E-state index in [2.05, 4.69) is 4.90 Å². The molecular weight excluding hydrogens is 230 g/mol. The highest BCUT2D eigenvalue weighted by molar-refractivity contribution is 5.74. The zero-order chi connectivity index (χ0) is 13.1. The maximum Gasteiger partial charge on any atom is 0.219 e. The van der Waals surface area contributed by atoms with Gasteiger partial charge >= 0.3 is 0 Å². The summed E-state index contributed by atoms with van der Waals surface area (Å²) in [6.07, 6.45) is 0. The van der Waals surface area contributed by atoms with Crippen LogP contribution in [0.4, 0.5) is 11.4 Å². The number of ether oxygens (including phenoxy) is 1. The molecule has 1 amide bonds. The zero-order valence-electron chi connectivity index (χ0n) is 10.8. The lowest BCUT2D eigenvalue weighted by molar-refractivity contribution is -0.129. The van der Waals surface area contributed by atoms with Crippen LogP contribution in [-0.4, -0.2) is 44.1 Å². The van der Waals surface area contributed by atoms with E-state index >= 15 is 0 Å². The molecule has 0 bridgehead atoms. The number of anilines is 2. The lowest BCUT2D eigenvalue weighted by Gasteiger charge is -2.36. The number of nitrogens with two attached hydrogens (primary N) is 1. The number of hydrogen-bond acceptors (Lipinski definition) is 4. The van der Waals surface area contributed by atoms with Crippen LogP contribution in [0.1, 0.15) is 6.92 Å². The molecule has 0 spiro atoms. The number of rotatable bonds is 2. The van der Waals surface area contributed by atoms with Gasteiger partial charge < -0.3 is 20.3 Å². The van der Waals surface area contributed by atoms with Gasteiger partial charge in [-0.05, 0) is 12.1 Å². The number of nitrogen functional groups attached to an aromatic ring is 1. The highest BCUT2D eigenvalue weighted by Crippen LogP contribution is 2.28. The van der Waals surface area contributed by atoms with Crippen LogP contribution in [0.2, 0.25) is 0 Å². The first-order chi connectivity index (χ1) is 8.61. The Balaban J connectivity index is 2.11. The molecule has 18 heavy (non-hydrogen) atoms. The Labute approximate surface area is 107 Å². The van der Waals surface area contributed by atoms with Gasteiger partial charge in [0.1, 0.15) is 5.75 Å². The Morgan fingerprint density at radius 1 is 1.28 bits per heavy atom. The Hall–Kier alpha value is -1.91. The molecule has 1 aliphatic heterocycles. The average Bonchev–Trinajstić information content (AvgIpc) is 2.39. The molecule has 0 aliphatic carbocycles. The van der Waals surface area contributed by atoms with Gasteiger partial charge in [-0.2, -0.15) is 0 Å². The lowest BCUT2D eigenvalue weighted by Crippen LogP contribution is -2.48. The molecule has 1 heterocycles. The second kappa shape index (κ2) is 5.16. The normalized spacial score (nSPS) is 15.7. The number of carbonyl (C=O) groups excluding carboxylic acids is 1. The molecule has 5 nitrogen and oxygen atoms in total. The third-order valence-corrected chi connectivity index (χ3v) is 3.30. The van der Waals surface area contributed by atoms with E-state index in [-0.39, 0.29) is 5.91 Å². The topological polar surface area (TPSA) is 58.8 Å². The summed E-state index contributed by atoms with van der Waals surface area (Å²) in [5, 5.41) is 0. The van der Waals surface area contributed by atoms with Gasteiger partial charge in [0.15, 0.2) is 0 Å². The average molecular weight is 249 g/mol. The summed E-state index contributed by atoms with van der Waals surface area (Å²) in [4.78, 5) is 15.3. The van der Waals surface area contributed by atoms with Crippen LogP contribution >= 0.6 is 0 Å². The van der Waals surface area contributed by atoms with Gasteiger partial charge in [0.05, 0.1) is 18.5 Å². The van der Waals surface area contributed by atoms with E-state index in [1.54, 1.807) is 14.0 Å². The first-order valence-corrected chi connectivity index (χ1v) is 6.06. The van der Waals surface area contributed by atoms with E-state index < -0.39 is 0 Å². The molecule has 0 aromatic heterocycles. The van der Waals surface area contributed by atoms with E-state index in [1.165, 1.54) is 0 Å². The van der Waals surface area contributed by atoms with Crippen molar-refractivity contribution in [2.75, 3.05) is 43.9 Å². The van der Waals surface area contributed by atoms with Crippen molar-refractivity contribution in [2.24, 2.45) is 0 Å². The maximum atomic E-state index is 11.3. The van der Waals surface area contributed by atoms with Crippen molar-refractivity contribution >= 4 is 17.3 Å². The molecular formula is C13H19N3O2. The fraction of sp³-hybridized carbons (Fsp3) is 0.462. The highest BCUT2D eigenvalue weighted by atomic mass is 16.5. The molecule has 2 N–H and O–H groups in total. The van der Waals surface area contributed by atoms with Crippen molar-refractivity contribution in [1.29, 1.82) is 0 Å². The maximum absolute atomic E-state index is 11.3. The van der Waals surface area contributed by atoms with Crippen molar-refractivity contribution in [3.63, 3.8) is 0 Å². The summed E-state index contributed by atoms with van der Waals surface area (Å²) in [6.45, 7) is 4.70. The van der Waals surface area contributed by atoms with Crippen molar-refractivity contribution < 1.29 is 9.53 Å². The van der Waals surface area contributed by atoms with Crippen LogP contribution in [0.25, 0.3) is 0 Å². The van der Waals surface area contributed by atoms with Gasteiger partial charge in [-0.3, -0.25) is 4.79 Å². The molecule has 5 heteroatoms. The SMILES string of the molecule is COc1ccc(N)c(N2CCN(C(C)=O)CC2)c1. The first kappa shape index (κ1) is 12.5. The van der Waals surface area contributed by atoms with Crippen molar-refractivity contribution in [3.8, 4) is 5.75 Å². The van der Waals surface area contributed by atoms with Crippen molar-refractivity contribution in [3.05, 3.63) is 18.2 Å². The van der Waals surface area contributed by atoms with E-state index in [1.807, 2.05) is 23.1 Å². The second-order valence-electron chi connectivity index (χ2n) is 4.42. The van der Waals surface area contributed by atoms with Gasteiger partial charge in [-0.1, -0.05) is 0 Å². The molecule has 1 aromatic rings. The van der Waals surface area contributed by atoms with Crippen LogP contribution in [0.3, 0.4) is 0 Å². The van der Waals surface area contributed by atoms with E-state index in [9.17, 15) is 4.79 Å². The molecule has 2 rings (SSSR count). The quantitative estimate of drug-likeness (QED) is 0.793. The molecule has 0 radical (unpaired) electrons. The standard InChI is InChI=1S/C13H19N3O2/c1-10(17)15-5-7-16(8-6-15)13-9-11(18-2)3-4-12(13)14/h3-4,9H,5-8,14H2,1-2H3. The molecule has 0 saturated carbocycles. The fourth-order valence-corrected chi connectivity index (χ4v) is 2.19. The van der Waals surface area contributed by atoms with Crippen LogP contribution in [0.5, 0.6) is 5.75 Å². The summed E-state index contributed by atoms with van der Waals surface area (Å²) < 4.78 is 5.21. The number of hydrogen-bond donors (Lipinski definition) is 1. The molecule has 0 atom stereocenters. The molecule has 1 aliphatic rings. The van der Waals surface area contributed by atoms with Crippen LogP contribution < -0.4 is 15.4 Å².